The van der Waals surface area contributed by atoms with Crippen LogP contribution >= 0.6 is 0 Å². The number of likely N-dealkylation sites (tertiary alicyclic amines) is 1. The highest BCUT2D eigenvalue weighted by Gasteiger charge is 2.35. The highest BCUT2D eigenvalue weighted by molar-refractivity contribution is 5.79. The van der Waals surface area contributed by atoms with Gasteiger partial charge in [0, 0.05) is 25.0 Å². The Balaban J connectivity index is 1.95. The fraction of sp³-hybridized carbons (Fsp3) is 0.941. The molecule has 1 heterocycles. The molecule has 20 heavy (non-hydrogen) atoms. The third-order valence-corrected chi connectivity index (χ3v) is 5.71. The molecule has 1 aliphatic heterocycles. The van der Waals surface area contributed by atoms with Crippen molar-refractivity contribution in [2.75, 3.05) is 13.1 Å². The number of carbonyl (C=O) groups excluding carboxylic acids is 1. The van der Waals surface area contributed by atoms with Gasteiger partial charge in [-0.15, -0.1) is 0 Å². The molecule has 1 saturated carbocycles. The van der Waals surface area contributed by atoms with E-state index in [1.807, 2.05) is 0 Å². The van der Waals surface area contributed by atoms with Gasteiger partial charge in [0.2, 0.25) is 5.91 Å². The van der Waals surface area contributed by atoms with Crippen molar-refractivity contribution < 1.29 is 4.79 Å². The molecule has 0 radical (unpaired) electrons. The van der Waals surface area contributed by atoms with Crippen molar-refractivity contribution in [3.63, 3.8) is 0 Å². The molecule has 3 heteroatoms. The zero-order valence-corrected chi connectivity index (χ0v) is 13.5. The number of hydrogen-bond acceptors (Lipinski definition) is 2. The van der Waals surface area contributed by atoms with Gasteiger partial charge >= 0.3 is 0 Å². The Hall–Kier alpha value is -0.570. The molecule has 1 saturated heterocycles. The van der Waals surface area contributed by atoms with Crippen LogP contribution in [0.15, 0.2) is 0 Å². The van der Waals surface area contributed by atoms with Crippen LogP contribution in [0.25, 0.3) is 0 Å². The Bertz CT molecular complexity index is 329. The lowest BCUT2D eigenvalue weighted by atomic mass is 9.76. The second kappa shape index (κ2) is 6.93. The first-order valence-corrected chi connectivity index (χ1v) is 8.55. The monoisotopic (exact) mass is 280 g/mol. The predicted octanol–water partition coefficient (Wildman–Crippen LogP) is 3.03. The van der Waals surface area contributed by atoms with E-state index in [2.05, 4.69) is 25.7 Å². The van der Waals surface area contributed by atoms with E-state index in [9.17, 15) is 4.79 Å². The predicted molar refractivity (Wildman–Crippen MR) is 83.2 cm³/mol. The van der Waals surface area contributed by atoms with Gasteiger partial charge in [0.1, 0.15) is 0 Å². The van der Waals surface area contributed by atoms with E-state index in [1.165, 1.54) is 19.3 Å². The zero-order chi connectivity index (χ0) is 14.7. The van der Waals surface area contributed by atoms with Crippen LogP contribution in [0.5, 0.6) is 0 Å². The first-order valence-electron chi connectivity index (χ1n) is 8.55. The largest absolute Gasteiger partial charge is 0.342 e. The molecule has 1 amide bonds. The molecule has 2 aliphatic rings. The molecule has 0 spiro atoms. The third kappa shape index (κ3) is 3.55. The van der Waals surface area contributed by atoms with Crippen molar-refractivity contribution in [3.05, 3.63) is 0 Å². The third-order valence-electron chi connectivity index (χ3n) is 5.71. The van der Waals surface area contributed by atoms with Gasteiger partial charge in [-0.25, -0.2) is 0 Å². The second-order valence-electron chi connectivity index (χ2n) is 7.32. The molecular formula is C17H32N2O. The van der Waals surface area contributed by atoms with Gasteiger partial charge in [-0.3, -0.25) is 4.79 Å². The summed E-state index contributed by atoms with van der Waals surface area (Å²) in [6.45, 7) is 8.70. The smallest absolute Gasteiger partial charge is 0.226 e. The normalized spacial score (nSPS) is 36.0. The molecule has 0 aromatic heterocycles. The van der Waals surface area contributed by atoms with Gasteiger partial charge < -0.3 is 10.6 Å². The van der Waals surface area contributed by atoms with Crippen LogP contribution in [-0.2, 0) is 4.79 Å². The van der Waals surface area contributed by atoms with Gasteiger partial charge in [0.25, 0.3) is 0 Å². The molecule has 0 aromatic carbocycles. The Kier molecular flexibility index (Phi) is 5.48. The summed E-state index contributed by atoms with van der Waals surface area (Å²) in [5.74, 6) is 2.44. The summed E-state index contributed by atoms with van der Waals surface area (Å²) in [6.07, 6.45) is 6.86. The molecule has 116 valence electrons. The van der Waals surface area contributed by atoms with Crippen molar-refractivity contribution in [1.29, 1.82) is 0 Å². The van der Waals surface area contributed by atoms with E-state index in [-0.39, 0.29) is 12.0 Å². The molecule has 0 aromatic rings. The van der Waals surface area contributed by atoms with E-state index in [0.717, 1.165) is 44.2 Å². The van der Waals surface area contributed by atoms with Crippen LogP contribution in [0.1, 0.15) is 59.3 Å². The fourth-order valence-corrected chi connectivity index (χ4v) is 3.99. The Morgan fingerprint density at radius 2 is 1.85 bits per heavy atom. The lowest BCUT2D eigenvalue weighted by Crippen LogP contribution is -2.46. The summed E-state index contributed by atoms with van der Waals surface area (Å²) in [7, 11) is 0. The summed E-state index contributed by atoms with van der Waals surface area (Å²) >= 11 is 0. The Labute approximate surface area is 124 Å². The van der Waals surface area contributed by atoms with Crippen LogP contribution in [0.4, 0.5) is 0 Å². The summed E-state index contributed by atoms with van der Waals surface area (Å²) in [4.78, 5) is 14.9. The molecule has 3 nitrogen and oxygen atoms in total. The Morgan fingerprint density at radius 3 is 2.55 bits per heavy atom. The van der Waals surface area contributed by atoms with Crippen LogP contribution in [0.3, 0.4) is 0 Å². The highest BCUT2D eigenvalue weighted by Crippen LogP contribution is 2.32. The summed E-state index contributed by atoms with van der Waals surface area (Å²) < 4.78 is 0. The van der Waals surface area contributed by atoms with Crippen LogP contribution < -0.4 is 5.73 Å². The quantitative estimate of drug-likeness (QED) is 0.845. The maximum Gasteiger partial charge on any atom is 0.226 e. The van der Waals surface area contributed by atoms with E-state index in [0.29, 0.717) is 11.8 Å². The van der Waals surface area contributed by atoms with Crippen molar-refractivity contribution in [2.45, 2.75) is 65.3 Å². The Morgan fingerprint density at radius 1 is 1.10 bits per heavy atom. The number of hydrogen-bond donors (Lipinski definition) is 1. The second-order valence-corrected chi connectivity index (χ2v) is 7.32. The number of carbonyl (C=O) groups is 1. The molecule has 2 fully saturated rings. The number of nitrogens with two attached hydrogens (primary N) is 1. The average Bonchev–Trinajstić information content (AvgIpc) is 2.67. The minimum absolute atomic E-state index is 0.175. The number of nitrogens with zero attached hydrogens (tertiary/aromatic N) is 1. The van der Waals surface area contributed by atoms with Crippen molar-refractivity contribution in [1.82, 2.24) is 4.90 Å². The van der Waals surface area contributed by atoms with Crippen LogP contribution in [0, 0.1) is 23.7 Å². The van der Waals surface area contributed by atoms with Gasteiger partial charge in [0.05, 0.1) is 0 Å². The van der Waals surface area contributed by atoms with Crippen molar-refractivity contribution in [2.24, 2.45) is 29.4 Å². The average molecular weight is 280 g/mol. The van der Waals surface area contributed by atoms with E-state index in [1.54, 1.807) is 0 Å². The maximum absolute atomic E-state index is 12.8. The van der Waals surface area contributed by atoms with Gasteiger partial charge in [-0.05, 0) is 49.9 Å². The van der Waals surface area contributed by atoms with Gasteiger partial charge in [-0.2, -0.15) is 0 Å². The standard InChI is InChI=1S/C17H32N2O/c1-12(2)14-6-5-10-19(11-9-14)17(20)15-7-4-8-16(18)13(15)3/h12-16H,4-11,18H2,1-3H3. The molecule has 2 rings (SSSR count). The topological polar surface area (TPSA) is 46.3 Å². The van der Waals surface area contributed by atoms with Crippen LogP contribution in [-0.4, -0.2) is 29.9 Å². The summed E-state index contributed by atoms with van der Waals surface area (Å²) in [5.41, 5.74) is 6.16. The first-order chi connectivity index (χ1) is 9.50. The molecule has 4 atom stereocenters. The fourth-order valence-electron chi connectivity index (χ4n) is 3.99. The summed E-state index contributed by atoms with van der Waals surface area (Å²) in [6, 6.07) is 0.216. The highest BCUT2D eigenvalue weighted by atomic mass is 16.2. The molecule has 2 N–H and O–H groups in total. The lowest BCUT2D eigenvalue weighted by molar-refractivity contribution is -0.138. The minimum Gasteiger partial charge on any atom is -0.342 e. The van der Waals surface area contributed by atoms with Crippen molar-refractivity contribution in [3.8, 4) is 0 Å². The molecule has 1 aliphatic carbocycles. The van der Waals surface area contributed by atoms with Crippen molar-refractivity contribution >= 4 is 5.91 Å². The van der Waals surface area contributed by atoms with E-state index in [4.69, 9.17) is 5.73 Å². The molecule has 4 unspecified atom stereocenters. The molecule has 0 bridgehead atoms. The zero-order valence-electron chi connectivity index (χ0n) is 13.5. The lowest BCUT2D eigenvalue weighted by Gasteiger charge is -2.36. The summed E-state index contributed by atoms with van der Waals surface area (Å²) in [5, 5.41) is 0. The maximum atomic E-state index is 12.8. The van der Waals surface area contributed by atoms with Gasteiger partial charge in [-0.1, -0.05) is 27.2 Å². The number of rotatable bonds is 2. The minimum atomic E-state index is 0.175. The van der Waals surface area contributed by atoms with Gasteiger partial charge in [0.15, 0.2) is 0 Å². The molecular weight excluding hydrogens is 248 g/mol. The first kappa shape index (κ1) is 15.8. The number of amides is 1. The SMILES string of the molecule is CC(C)C1CCCN(C(=O)C2CCCC(N)C2C)CC1. The van der Waals surface area contributed by atoms with E-state index < -0.39 is 0 Å². The van der Waals surface area contributed by atoms with E-state index >= 15 is 0 Å². The van der Waals surface area contributed by atoms with Crippen LogP contribution in [0.2, 0.25) is 0 Å².